The molecule has 8 heteroatoms. The number of amides is 3. The van der Waals surface area contributed by atoms with Crippen LogP contribution in [0, 0.1) is 0 Å². The van der Waals surface area contributed by atoms with Crippen molar-refractivity contribution in [2.75, 3.05) is 36.4 Å². The number of nitrogens with one attached hydrogen (secondary N) is 2. The highest BCUT2D eigenvalue weighted by molar-refractivity contribution is 5.99. The summed E-state index contributed by atoms with van der Waals surface area (Å²) in [5.74, 6) is -0.301. The fraction of sp³-hybridized carbons (Fsp3) is 0.444. The maximum absolute atomic E-state index is 12.9. The molecule has 0 spiro atoms. The van der Waals surface area contributed by atoms with Gasteiger partial charge in [0.15, 0.2) is 0 Å². The number of carbonyl (C=O) groups is 3. The Balaban J connectivity index is 1.47. The van der Waals surface area contributed by atoms with Crippen LogP contribution in [-0.4, -0.2) is 60.9 Å². The van der Waals surface area contributed by atoms with Crippen LogP contribution in [0.15, 0.2) is 48.5 Å². The molecule has 2 aromatic carbocycles. The smallest absolute Gasteiger partial charge is 0.253 e. The van der Waals surface area contributed by atoms with E-state index < -0.39 is 0 Å². The first kappa shape index (κ1) is 24.7. The van der Waals surface area contributed by atoms with E-state index in [1.165, 1.54) is 6.92 Å². The van der Waals surface area contributed by atoms with Crippen LogP contribution < -0.4 is 21.3 Å². The normalized spacial score (nSPS) is 20.6. The van der Waals surface area contributed by atoms with Crippen LogP contribution in [0.5, 0.6) is 0 Å². The first-order chi connectivity index (χ1) is 16.9. The lowest BCUT2D eigenvalue weighted by Crippen LogP contribution is -2.40. The van der Waals surface area contributed by atoms with Crippen molar-refractivity contribution in [2.45, 2.75) is 51.1 Å². The van der Waals surface area contributed by atoms with Gasteiger partial charge in [0.2, 0.25) is 5.91 Å². The minimum atomic E-state index is -0.194. The van der Waals surface area contributed by atoms with Crippen LogP contribution in [0.1, 0.15) is 59.7 Å². The lowest BCUT2D eigenvalue weighted by Gasteiger charge is -2.28. The zero-order chi connectivity index (χ0) is 24.8. The summed E-state index contributed by atoms with van der Waals surface area (Å²) in [6, 6.07) is 15.1. The third kappa shape index (κ3) is 6.39. The van der Waals surface area contributed by atoms with Gasteiger partial charge in [-0.1, -0.05) is 18.2 Å². The Morgan fingerprint density at radius 2 is 1.63 bits per heavy atom. The largest absolute Gasteiger partial charge is 0.368 e. The van der Waals surface area contributed by atoms with Crippen molar-refractivity contribution < 1.29 is 14.4 Å². The van der Waals surface area contributed by atoms with Gasteiger partial charge in [0.25, 0.3) is 11.8 Å². The van der Waals surface area contributed by atoms with Gasteiger partial charge in [-0.15, -0.1) is 0 Å². The Morgan fingerprint density at radius 3 is 2.34 bits per heavy atom. The van der Waals surface area contributed by atoms with E-state index in [0.29, 0.717) is 36.4 Å². The van der Waals surface area contributed by atoms with E-state index in [0.717, 1.165) is 44.3 Å². The van der Waals surface area contributed by atoms with Crippen molar-refractivity contribution >= 4 is 29.1 Å². The van der Waals surface area contributed by atoms with Gasteiger partial charge >= 0.3 is 0 Å². The molecule has 0 radical (unpaired) electrons. The number of nitrogens with zero attached hydrogens (tertiary/aromatic N) is 2. The average Bonchev–Trinajstić information content (AvgIpc) is 3.11. The van der Waals surface area contributed by atoms with Gasteiger partial charge in [-0.2, -0.15) is 0 Å². The van der Waals surface area contributed by atoms with Crippen molar-refractivity contribution in [3.05, 3.63) is 59.7 Å². The summed E-state index contributed by atoms with van der Waals surface area (Å²) in [5.41, 5.74) is 8.65. The topological polar surface area (TPSA) is 108 Å². The molecule has 0 atom stereocenters. The molecule has 2 aromatic rings. The molecule has 35 heavy (non-hydrogen) atoms. The van der Waals surface area contributed by atoms with E-state index in [1.807, 2.05) is 47.4 Å². The zero-order valence-electron chi connectivity index (χ0n) is 20.3. The van der Waals surface area contributed by atoms with Gasteiger partial charge in [0.05, 0.1) is 11.4 Å². The number of hydrogen-bond acceptors (Lipinski definition) is 5. The second-order valence-electron chi connectivity index (χ2n) is 9.50. The van der Waals surface area contributed by atoms with Crippen molar-refractivity contribution in [3.8, 4) is 0 Å². The summed E-state index contributed by atoms with van der Waals surface area (Å²) in [5, 5.41) is 6.01. The molecule has 0 bridgehead atoms. The molecule has 2 fully saturated rings. The van der Waals surface area contributed by atoms with Crippen molar-refractivity contribution in [1.82, 2.24) is 10.2 Å². The SMILES string of the molecule is CC(=O)Nc1cc(C(=O)NC2CCC(N)CC2)ccc1N1CCCN(C(=O)c2ccccc2)CC1. The molecule has 3 amide bonds. The first-order valence-corrected chi connectivity index (χ1v) is 12.5. The van der Waals surface area contributed by atoms with Gasteiger partial charge in [0, 0.05) is 56.3 Å². The van der Waals surface area contributed by atoms with Crippen LogP contribution in [0.25, 0.3) is 0 Å². The zero-order valence-corrected chi connectivity index (χ0v) is 20.3. The number of benzene rings is 2. The molecule has 1 aliphatic carbocycles. The van der Waals surface area contributed by atoms with Crippen LogP contribution in [0.3, 0.4) is 0 Å². The van der Waals surface area contributed by atoms with Crippen LogP contribution >= 0.6 is 0 Å². The Labute approximate surface area is 206 Å². The molecule has 0 unspecified atom stereocenters. The molecule has 8 nitrogen and oxygen atoms in total. The summed E-state index contributed by atoms with van der Waals surface area (Å²) in [6.45, 7) is 4.10. The molecule has 1 heterocycles. The maximum atomic E-state index is 12.9. The summed E-state index contributed by atoms with van der Waals surface area (Å²) in [4.78, 5) is 41.8. The van der Waals surface area contributed by atoms with Crippen molar-refractivity contribution in [1.29, 1.82) is 0 Å². The molecule has 1 saturated heterocycles. The minimum Gasteiger partial charge on any atom is -0.368 e. The lowest BCUT2D eigenvalue weighted by molar-refractivity contribution is -0.114. The van der Waals surface area contributed by atoms with Gasteiger partial charge in [0.1, 0.15) is 0 Å². The molecule has 0 aromatic heterocycles. The number of hydrogen-bond donors (Lipinski definition) is 3. The van der Waals surface area contributed by atoms with Gasteiger partial charge < -0.3 is 26.2 Å². The van der Waals surface area contributed by atoms with E-state index in [1.54, 1.807) is 6.07 Å². The second-order valence-corrected chi connectivity index (χ2v) is 9.50. The van der Waals surface area contributed by atoms with E-state index >= 15 is 0 Å². The lowest BCUT2D eigenvalue weighted by atomic mass is 9.91. The Bertz CT molecular complexity index is 1050. The van der Waals surface area contributed by atoms with E-state index in [9.17, 15) is 14.4 Å². The maximum Gasteiger partial charge on any atom is 0.253 e. The molecular formula is C27H35N5O3. The molecule has 4 N–H and O–H groups in total. The highest BCUT2D eigenvalue weighted by Gasteiger charge is 2.24. The Kier molecular flexibility index (Phi) is 8.02. The Morgan fingerprint density at radius 1 is 0.886 bits per heavy atom. The van der Waals surface area contributed by atoms with Crippen molar-refractivity contribution in [3.63, 3.8) is 0 Å². The summed E-state index contributed by atoms with van der Waals surface area (Å²) in [6.07, 6.45) is 4.41. The van der Waals surface area contributed by atoms with Gasteiger partial charge in [-0.05, 0) is 62.4 Å². The Hall–Kier alpha value is -3.39. The van der Waals surface area contributed by atoms with Crippen LogP contribution in [-0.2, 0) is 4.79 Å². The van der Waals surface area contributed by atoms with E-state index in [2.05, 4.69) is 15.5 Å². The predicted octanol–water partition coefficient (Wildman–Crippen LogP) is 3.00. The molecule has 2 aliphatic rings. The standard InChI is InChI=1S/C27H35N5O3/c1-19(33)29-24-18-21(26(34)30-23-11-9-22(28)10-12-23)8-13-25(24)31-14-5-15-32(17-16-31)27(35)20-6-3-2-4-7-20/h2-4,6-8,13,18,22-23H,5,9-12,14-17,28H2,1H3,(H,29,33)(H,30,34). The molecule has 4 rings (SSSR count). The number of anilines is 2. The molecular weight excluding hydrogens is 442 g/mol. The van der Waals surface area contributed by atoms with Gasteiger partial charge in [-0.3, -0.25) is 14.4 Å². The number of nitrogens with two attached hydrogens (primary N) is 1. The van der Waals surface area contributed by atoms with Crippen molar-refractivity contribution in [2.24, 2.45) is 5.73 Å². The fourth-order valence-electron chi connectivity index (χ4n) is 4.90. The third-order valence-corrected chi connectivity index (χ3v) is 6.82. The highest BCUT2D eigenvalue weighted by atomic mass is 16.2. The number of rotatable bonds is 5. The van der Waals surface area contributed by atoms with Gasteiger partial charge in [-0.25, -0.2) is 0 Å². The highest BCUT2D eigenvalue weighted by Crippen LogP contribution is 2.29. The quantitative estimate of drug-likeness (QED) is 0.614. The molecule has 1 saturated carbocycles. The second kappa shape index (κ2) is 11.4. The summed E-state index contributed by atoms with van der Waals surface area (Å²) < 4.78 is 0. The fourth-order valence-corrected chi connectivity index (χ4v) is 4.90. The average molecular weight is 478 g/mol. The number of carbonyl (C=O) groups excluding carboxylic acids is 3. The first-order valence-electron chi connectivity index (χ1n) is 12.5. The molecule has 1 aliphatic heterocycles. The predicted molar refractivity (Wildman–Crippen MR) is 138 cm³/mol. The van der Waals surface area contributed by atoms with E-state index in [4.69, 9.17) is 5.73 Å². The van der Waals surface area contributed by atoms with E-state index in [-0.39, 0.29) is 29.8 Å². The van der Waals surface area contributed by atoms with Crippen LogP contribution in [0.4, 0.5) is 11.4 Å². The molecule has 186 valence electrons. The van der Waals surface area contributed by atoms with Crippen LogP contribution in [0.2, 0.25) is 0 Å². The minimum absolute atomic E-state index is 0.0326. The monoisotopic (exact) mass is 477 g/mol. The summed E-state index contributed by atoms with van der Waals surface area (Å²) >= 11 is 0. The third-order valence-electron chi connectivity index (χ3n) is 6.82. The summed E-state index contributed by atoms with van der Waals surface area (Å²) in [7, 11) is 0.